The van der Waals surface area contributed by atoms with Gasteiger partial charge in [0.1, 0.15) is 0 Å². The summed E-state index contributed by atoms with van der Waals surface area (Å²) in [4.78, 5) is 25.3. The molecular formula is C19H19N3O6S2. The zero-order chi connectivity index (χ0) is 21.5. The number of rotatable bonds is 5. The Labute approximate surface area is 176 Å². The molecule has 2 aromatic carbocycles. The van der Waals surface area contributed by atoms with Gasteiger partial charge in [0.2, 0.25) is 0 Å². The van der Waals surface area contributed by atoms with Crippen LogP contribution in [0.5, 0.6) is 0 Å². The highest BCUT2D eigenvalue weighted by Crippen LogP contribution is 2.28. The van der Waals surface area contributed by atoms with E-state index in [2.05, 4.69) is 4.72 Å². The Hall–Kier alpha value is -2.92. The minimum absolute atomic E-state index is 0.0339. The van der Waals surface area contributed by atoms with E-state index in [9.17, 15) is 23.1 Å². The minimum Gasteiger partial charge on any atom is -0.478 e. The monoisotopic (exact) mass is 449 g/mol. The van der Waals surface area contributed by atoms with Crippen LogP contribution in [0, 0.1) is 0 Å². The van der Waals surface area contributed by atoms with E-state index in [0.717, 1.165) is 24.6 Å². The predicted octanol–water partition coefficient (Wildman–Crippen LogP) is 2.18. The van der Waals surface area contributed by atoms with Crippen LogP contribution >= 0.6 is 11.8 Å². The van der Waals surface area contributed by atoms with Crippen molar-refractivity contribution in [2.45, 2.75) is 4.90 Å². The molecule has 0 unspecified atom stereocenters. The Morgan fingerprint density at radius 2 is 1.90 bits per heavy atom. The first kappa shape index (κ1) is 20.4. The van der Waals surface area contributed by atoms with Crippen molar-refractivity contribution in [2.24, 2.45) is 7.05 Å². The predicted molar refractivity (Wildman–Crippen MR) is 115 cm³/mol. The van der Waals surface area contributed by atoms with Crippen molar-refractivity contribution in [3.8, 4) is 0 Å². The molecular weight excluding hydrogens is 430 g/mol. The Morgan fingerprint density at radius 1 is 1.17 bits per heavy atom. The number of aromatic nitrogens is 1. The number of aromatic carboxylic acids is 1. The van der Waals surface area contributed by atoms with Crippen molar-refractivity contribution in [3.05, 3.63) is 52.5 Å². The number of benzene rings is 2. The molecule has 1 aliphatic rings. The zero-order valence-electron chi connectivity index (χ0n) is 16.0. The van der Waals surface area contributed by atoms with E-state index >= 15 is 0 Å². The molecule has 0 aliphatic carbocycles. The number of nitrogens with zero attached hydrogens (tertiary/aromatic N) is 2. The summed E-state index contributed by atoms with van der Waals surface area (Å²) in [7, 11) is -2.50. The van der Waals surface area contributed by atoms with Crippen molar-refractivity contribution in [2.75, 3.05) is 34.2 Å². The van der Waals surface area contributed by atoms with Gasteiger partial charge in [0.05, 0.1) is 21.7 Å². The Bertz CT molecular complexity index is 1290. The highest BCUT2D eigenvalue weighted by atomic mass is 32.2. The number of hydrogen-bond acceptors (Lipinski definition) is 7. The molecule has 30 heavy (non-hydrogen) atoms. The molecule has 0 spiro atoms. The van der Waals surface area contributed by atoms with E-state index in [1.54, 1.807) is 12.1 Å². The summed E-state index contributed by atoms with van der Waals surface area (Å²) in [6, 6.07) is 8.58. The molecule has 0 amide bonds. The lowest BCUT2D eigenvalue weighted by atomic mass is 10.1. The van der Waals surface area contributed by atoms with E-state index in [0.29, 0.717) is 11.2 Å². The van der Waals surface area contributed by atoms with Gasteiger partial charge in [-0.05, 0) is 30.3 Å². The van der Waals surface area contributed by atoms with Gasteiger partial charge >= 0.3 is 11.7 Å². The molecule has 11 heteroatoms. The lowest BCUT2D eigenvalue weighted by Crippen LogP contribution is -2.33. The zero-order valence-corrected chi connectivity index (χ0v) is 17.6. The average Bonchev–Trinajstić information content (AvgIpc) is 3.01. The fourth-order valence-electron chi connectivity index (χ4n) is 3.35. The maximum atomic E-state index is 12.8. The third-order valence-corrected chi connectivity index (χ3v) is 7.23. The molecule has 2 N–H and O–H groups in total. The van der Waals surface area contributed by atoms with Crippen LogP contribution in [0.3, 0.4) is 0 Å². The summed E-state index contributed by atoms with van der Waals surface area (Å²) >= 11 is 1.81. The van der Waals surface area contributed by atoms with E-state index in [1.165, 1.54) is 35.9 Å². The van der Waals surface area contributed by atoms with Crippen molar-refractivity contribution >= 4 is 50.2 Å². The number of thioether (sulfide) groups is 1. The molecule has 0 bridgehead atoms. The number of hydrogen-bond donors (Lipinski definition) is 2. The maximum absolute atomic E-state index is 12.8. The van der Waals surface area contributed by atoms with Gasteiger partial charge in [0.25, 0.3) is 10.0 Å². The number of carboxylic acid groups (broad SMARTS) is 1. The van der Waals surface area contributed by atoms with Crippen molar-refractivity contribution in [3.63, 3.8) is 0 Å². The van der Waals surface area contributed by atoms with Crippen LogP contribution in [-0.2, 0) is 17.1 Å². The quantitative estimate of drug-likeness (QED) is 0.608. The summed E-state index contributed by atoms with van der Waals surface area (Å²) in [5.74, 6) is 0.0962. The highest BCUT2D eigenvalue weighted by molar-refractivity contribution is 7.99. The lowest BCUT2D eigenvalue weighted by Gasteiger charge is -2.29. The molecule has 0 atom stereocenters. The number of sulfonamides is 1. The molecule has 3 aromatic rings. The van der Waals surface area contributed by atoms with Crippen molar-refractivity contribution in [1.82, 2.24) is 4.57 Å². The third-order valence-electron chi connectivity index (χ3n) is 4.91. The molecule has 1 aliphatic heterocycles. The average molecular weight is 450 g/mol. The van der Waals surface area contributed by atoms with Crippen LogP contribution in [-0.4, -0.2) is 48.7 Å². The molecule has 2 heterocycles. The highest BCUT2D eigenvalue weighted by Gasteiger charge is 2.21. The largest absolute Gasteiger partial charge is 0.478 e. The molecule has 0 saturated carbocycles. The third kappa shape index (κ3) is 3.77. The van der Waals surface area contributed by atoms with Gasteiger partial charge < -0.3 is 14.4 Å². The van der Waals surface area contributed by atoms with Crippen LogP contribution in [0.15, 0.2) is 50.5 Å². The van der Waals surface area contributed by atoms with Crippen molar-refractivity contribution in [1.29, 1.82) is 0 Å². The SMILES string of the molecule is Cn1c(=O)oc2cc(S(=O)(=O)Nc3ccc(N4CCSCC4)c(C(=O)O)c3)ccc21. The molecule has 158 valence electrons. The van der Waals surface area contributed by atoms with E-state index < -0.39 is 21.7 Å². The first-order chi connectivity index (χ1) is 14.3. The number of aryl methyl sites for hydroxylation is 1. The van der Waals surface area contributed by atoms with Gasteiger partial charge in [-0.25, -0.2) is 18.0 Å². The summed E-state index contributed by atoms with van der Waals surface area (Å²) in [5, 5.41) is 9.63. The van der Waals surface area contributed by atoms with Crippen molar-refractivity contribution < 1.29 is 22.7 Å². The fraction of sp³-hybridized carbons (Fsp3) is 0.263. The molecule has 1 fully saturated rings. The number of fused-ring (bicyclic) bond motifs is 1. The molecule has 9 nitrogen and oxygen atoms in total. The van der Waals surface area contributed by atoms with Gasteiger partial charge in [-0.1, -0.05) is 0 Å². The summed E-state index contributed by atoms with van der Waals surface area (Å²) in [6.07, 6.45) is 0. The fourth-order valence-corrected chi connectivity index (χ4v) is 5.31. The second-order valence-corrected chi connectivity index (χ2v) is 9.71. The number of carbonyl (C=O) groups is 1. The van der Waals surface area contributed by atoms with Crippen LogP contribution < -0.4 is 15.4 Å². The van der Waals surface area contributed by atoms with Crippen LogP contribution in [0.25, 0.3) is 11.1 Å². The summed E-state index contributed by atoms with van der Waals surface area (Å²) < 4.78 is 34.3. The van der Waals surface area contributed by atoms with Gasteiger partial charge in [-0.15, -0.1) is 0 Å². The normalized spacial score (nSPS) is 14.8. The smallest absolute Gasteiger partial charge is 0.419 e. The second kappa shape index (κ2) is 7.73. The number of carboxylic acids is 1. The van der Waals surface area contributed by atoms with Gasteiger partial charge in [-0.2, -0.15) is 11.8 Å². The van der Waals surface area contributed by atoms with Crippen LogP contribution in [0.1, 0.15) is 10.4 Å². The number of oxazole rings is 1. The Balaban J connectivity index is 1.66. The van der Waals surface area contributed by atoms with Crippen LogP contribution in [0.2, 0.25) is 0 Å². The molecule has 0 radical (unpaired) electrons. The standard InChI is InChI=1S/C19H19N3O6S2/c1-21-16-5-3-13(11-17(16)28-19(21)25)30(26,27)20-12-2-4-15(14(10-12)18(23)24)22-6-8-29-9-7-22/h2-5,10-11,20H,6-9H2,1H3,(H,23,24). The Morgan fingerprint density at radius 3 is 2.60 bits per heavy atom. The Kier molecular flexibility index (Phi) is 5.24. The first-order valence-electron chi connectivity index (χ1n) is 9.09. The van der Waals surface area contributed by atoms with E-state index in [4.69, 9.17) is 4.42 Å². The number of anilines is 2. The van der Waals surface area contributed by atoms with Gasteiger partial charge in [0.15, 0.2) is 5.58 Å². The summed E-state index contributed by atoms with van der Waals surface area (Å²) in [6.45, 7) is 1.47. The maximum Gasteiger partial charge on any atom is 0.419 e. The topological polar surface area (TPSA) is 122 Å². The molecule has 1 saturated heterocycles. The lowest BCUT2D eigenvalue weighted by molar-refractivity contribution is 0.0697. The minimum atomic E-state index is -4.02. The van der Waals surface area contributed by atoms with Gasteiger partial charge in [0, 0.05) is 43.4 Å². The van der Waals surface area contributed by atoms with E-state index in [1.807, 2.05) is 16.7 Å². The number of nitrogens with one attached hydrogen (secondary N) is 1. The first-order valence-corrected chi connectivity index (χ1v) is 11.7. The second-order valence-electron chi connectivity index (χ2n) is 6.80. The van der Waals surface area contributed by atoms with E-state index in [-0.39, 0.29) is 21.7 Å². The van der Waals surface area contributed by atoms with Gasteiger partial charge in [-0.3, -0.25) is 9.29 Å². The molecule has 4 rings (SSSR count). The van der Waals surface area contributed by atoms with Crippen LogP contribution in [0.4, 0.5) is 11.4 Å². The summed E-state index contributed by atoms with van der Waals surface area (Å²) in [5.41, 5.74) is 1.35. The molecule has 1 aromatic heterocycles.